The molecule has 0 bridgehead atoms. The van der Waals surface area contributed by atoms with Crippen LogP contribution >= 0.6 is 0 Å². The minimum Gasteiger partial charge on any atom is -0.618 e. The van der Waals surface area contributed by atoms with Gasteiger partial charge in [0.2, 0.25) is 11.5 Å². The average Bonchev–Trinajstić information content (AvgIpc) is 3.08. The summed E-state index contributed by atoms with van der Waals surface area (Å²) < 4.78 is 2.80. The Hall–Kier alpha value is -3.80. The van der Waals surface area contributed by atoms with Crippen LogP contribution in [0.2, 0.25) is 0 Å². The molecule has 3 heterocycles. The first-order chi connectivity index (χ1) is 12.8. The van der Waals surface area contributed by atoms with Gasteiger partial charge in [0.05, 0.1) is 5.52 Å². The van der Waals surface area contributed by atoms with Gasteiger partial charge in [0.1, 0.15) is 17.4 Å². The molecule has 0 aliphatic carbocycles. The van der Waals surface area contributed by atoms with Crippen LogP contribution in [0.3, 0.4) is 0 Å². The molecular formula is C20H13N5O. The summed E-state index contributed by atoms with van der Waals surface area (Å²) in [6.07, 6.45) is 4.97. The Morgan fingerprint density at radius 1 is 0.846 bits per heavy atom. The molecule has 0 N–H and O–H groups in total. The van der Waals surface area contributed by atoms with Gasteiger partial charge in [0, 0.05) is 23.8 Å². The highest BCUT2D eigenvalue weighted by Gasteiger charge is 2.21. The number of fused-ring (bicyclic) bond motifs is 2. The van der Waals surface area contributed by atoms with E-state index >= 15 is 0 Å². The standard InChI is InChI=1S/C20H13N5O/c26-25-17-9-4-2-7-15(17)23-13-19(25)18-12-14-6-1-3-8-16(14)24(18)20-21-10-5-11-22-20/h1-13H. The van der Waals surface area contributed by atoms with E-state index in [2.05, 4.69) is 15.0 Å². The largest absolute Gasteiger partial charge is 0.618 e. The zero-order valence-electron chi connectivity index (χ0n) is 13.6. The van der Waals surface area contributed by atoms with Gasteiger partial charge in [-0.15, -0.1) is 0 Å². The van der Waals surface area contributed by atoms with Crippen molar-refractivity contribution in [3.05, 3.63) is 84.5 Å². The third kappa shape index (κ3) is 2.12. The van der Waals surface area contributed by atoms with E-state index in [1.807, 2.05) is 53.1 Å². The average molecular weight is 339 g/mol. The molecule has 2 aromatic carbocycles. The second kappa shape index (κ2) is 5.63. The van der Waals surface area contributed by atoms with Crippen LogP contribution in [0.1, 0.15) is 0 Å². The first-order valence-electron chi connectivity index (χ1n) is 8.18. The van der Waals surface area contributed by atoms with Gasteiger partial charge in [-0.25, -0.2) is 15.0 Å². The number of para-hydroxylation sites is 3. The number of nitrogens with zero attached hydrogens (tertiary/aromatic N) is 5. The van der Waals surface area contributed by atoms with Gasteiger partial charge in [0.25, 0.3) is 5.69 Å². The lowest BCUT2D eigenvalue weighted by atomic mass is 10.2. The van der Waals surface area contributed by atoms with Gasteiger partial charge in [-0.1, -0.05) is 30.3 Å². The highest BCUT2D eigenvalue weighted by atomic mass is 16.5. The lowest BCUT2D eigenvalue weighted by Gasteiger charge is -2.10. The molecule has 26 heavy (non-hydrogen) atoms. The van der Waals surface area contributed by atoms with Crippen LogP contribution in [-0.2, 0) is 0 Å². The molecule has 124 valence electrons. The SMILES string of the molecule is [O-][n+]1c(-c2cc3ccccc3n2-c2ncccn2)cnc2ccccc21. The quantitative estimate of drug-likeness (QED) is 0.365. The van der Waals surface area contributed by atoms with Crippen molar-refractivity contribution in [3.8, 4) is 17.3 Å². The molecule has 0 fully saturated rings. The molecular weight excluding hydrogens is 326 g/mol. The summed E-state index contributed by atoms with van der Waals surface area (Å²) in [6, 6.07) is 18.9. The molecule has 0 saturated carbocycles. The van der Waals surface area contributed by atoms with Crippen molar-refractivity contribution in [2.75, 3.05) is 0 Å². The van der Waals surface area contributed by atoms with Gasteiger partial charge < -0.3 is 5.21 Å². The Morgan fingerprint density at radius 2 is 1.62 bits per heavy atom. The molecule has 5 rings (SSSR count). The van der Waals surface area contributed by atoms with E-state index in [1.54, 1.807) is 30.7 Å². The summed E-state index contributed by atoms with van der Waals surface area (Å²) >= 11 is 0. The number of hydrogen-bond donors (Lipinski definition) is 0. The minimum atomic E-state index is 0.451. The Morgan fingerprint density at radius 3 is 2.50 bits per heavy atom. The smallest absolute Gasteiger partial charge is 0.259 e. The zero-order chi connectivity index (χ0) is 17.5. The molecule has 0 aliphatic rings. The molecule has 0 atom stereocenters. The maximum absolute atomic E-state index is 13.0. The zero-order valence-corrected chi connectivity index (χ0v) is 13.6. The van der Waals surface area contributed by atoms with E-state index < -0.39 is 0 Å². The normalized spacial score (nSPS) is 11.2. The lowest BCUT2D eigenvalue weighted by Crippen LogP contribution is -2.31. The second-order valence-electron chi connectivity index (χ2n) is 5.90. The number of aromatic nitrogens is 5. The molecule has 0 amide bonds. The van der Waals surface area contributed by atoms with Gasteiger partial charge in [0.15, 0.2) is 0 Å². The molecule has 0 unspecified atom stereocenters. The van der Waals surface area contributed by atoms with Crippen LogP contribution in [0.25, 0.3) is 39.3 Å². The first-order valence-corrected chi connectivity index (χ1v) is 8.18. The molecule has 0 radical (unpaired) electrons. The van der Waals surface area contributed by atoms with Crippen molar-refractivity contribution in [1.82, 2.24) is 19.5 Å². The maximum Gasteiger partial charge on any atom is 0.259 e. The number of hydrogen-bond acceptors (Lipinski definition) is 4. The predicted octanol–water partition coefficient (Wildman–Crippen LogP) is 3.27. The predicted molar refractivity (Wildman–Crippen MR) is 98.6 cm³/mol. The van der Waals surface area contributed by atoms with Crippen molar-refractivity contribution < 1.29 is 4.73 Å². The van der Waals surface area contributed by atoms with Gasteiger partial charge in [-0.3, -0.25) is 4.57 Å². The fraction of sp³-hybridized carbons (Fsp3) is 0. The molecule has 6 heteroatoms. The van der Waals surface area contributed by atoms with Crippen molar-refractivity contribution >= 4 is 21.9 Å². The van der Waals surface area contributed by atoms with Crippen LogP contribution in [0.15, 0.2) is 79.3 Å². The highest BCUT2D eigenvalue weighted by Crippen LogP contribution is 2.29. The number of rotatable bonds is 2. The third-order valence-electron chi connectivity index (χ3n) is 4.37. The fourth-order valence-corrected chi connectivity index (χ4v) is 3.19. The summed E-state index contributed by atoms with van der Waals surface area (Å²) in [4.78, 5) is 13.2. The van der Waals surface area contributed by atoms with E-state index in [0.29, 0.717) is 28.4 Å². The Bertz CT molecular complexity index is 1250. The molecule has 0 saturated heterocycles. The second-order valence-corrected chi connectivity index (χ2v) is 5.90. The van der Waals surface area contributed by atoms with Crippen LogP contribution in [-0.4, -0.2) is 19.5 Å². The van der Waals surface area contributed by atoms with E-state index in [4.69, 9.17) is 0 Å². The van der Waals surface area contributed by atoms with Gasteiger partial charge >= 0.3 is 0 Å². The van der Waals surface area contributed by atoms with Crippen LogP contribution in [0, 0.1) is 5.21 Å². The fourth-order valence-electron chi connectivity index (χ4n) is 3.19. The van der Waals surface area contributed by atoms with Crippen molar-refractivity contribution in [2.45, 2.75) is 0 Å². The van der Waals surface area contributed by atoms with Crippen LogP contribution in [0.5, 0.6) is 0 Å². The molecule has 0 aliphatic heterocycles. The van der Waals surface area contributed by atoms with E-state index in [1.165, 1.54) is 0 Å². The van der Waals surface area contributed by atoms with Crippen molar-refractivity contribution in [1.29, 1.82) is 0 Å². The highest BCUT2D eigenvalue weighted by molar-refractivity contribution is 5.88. The molecule has 6 nitrogen and oxygen atoms in total. The summed E-state index contributed by atoms with van der Waals surface area (Å²) in [6.45, 7) is 0. The van der Waals surface area contributed by atoms with Crippen LogP contribution < -0.4 is 4.73 Å². The Kier molecular flexibility index (Phi) is 3.15. The van der Waals surface area contributed by atoms with E-state index in [-0.39, 0.29) is 0 Å². The third-order valence-corrected chi connectivity index (χ3v) is 4.37. The topological polar surface area (TPSA) is 70.5 Å². The summed E-state index contributed by atoms with van der Waals surface area (Å²) in [5.74, 6) is 0.511. The van der Waals surface area contributed by atoms with Gasteiger partial charge in [-0.2, -0.15) is 4.73 Å². The summed E-state index contributed by atoms with van der Waals surface area (Å²) in [7, 11) is 0. The Balaban J connectivity index is 1.87. The molecule has 5 aromatic rings. The van der Waals surface area contributed by atoms with E-state index in [9.17, 15) is 5.21 Å². The number of benzene rings is 2. The van der Waals surface area contributed by atoms with Crippen molar-refractivity contribution in [3.63, 3.8) is 0 Å². The molecule has 3 aromatic heterocycles. The molecule has 0 spiro atoms. The summed E-state index contributed by atoms with van der Waals surface area (Å²) in [5.41, 5.74) is 3.26. The monoisotopic (exact) mass is 339 g/mol. The summed E-state index contributed by atoms with van der Waals surface area (Å²) in [5, 5.41) is 14.0. The maximum atomic E-state index is 13.0. The van der Waals surface area contributed by atoms with Crippen LogP contribution in [0.4, 0.5) is 0 Å². The lowest BCUT2D eigenvalue weighted by molar-refractivity contribution is -0.565. The first kappa shape index (κ1) is 14.5. The minimum absolute atomic E-state index is 0.451. The van der Waals surface area contributed by atoms with Crippen molar-refractivity contribution in [2.24, 2.45) is 0 Å². The van der Waals surface area contributed by atoms with Gasteiger partial charge in [-0.05, 0) is 24.3 Å². The Labute approximate surface area is 148 Å². The van der Waals surface area contributed by atoms with E-state index in [0.717, 1.165) is 15.6 Å².